The molecule has 3 N–H and O–H groups in total. The van der Waals surface area contributed by atoms with Crippen LogP contribution >= 0.6 is 0 Å². The molecule has 0 aromatic heterocycles. The van der Waals surface area contributed by atoms with Gasteiger partial charge in [0.1, 0.15) is 5.69 Å². The Bertz CT molecular complexity index is 754. The smallest absolute Gasteiger partial charge is 0.293 e. The molecule has 0 radical (unpaired) electrons. The lowest BCUT2D eigenvalue weighted by Crippen LogP contribution is -2.48. The van der Waals surface area contributed by atoms with E-state index in [4.69, 9.17) is 0 Å². The van der Waals surface area contributed by atoms with E-state index in [2.05, 4.69) is 20.9 Å². The van der Waals surface area contributed by atoms with Crippen molar-refractivity contribution < 1.29 is 13.3 Å². The fourth-order valence-electron chi connectivity index (χ4n) is 1.96. The van der Waals surface area contributed by atoms with Gasteiger partial charge in [0.15, 0.2) is 15.8 Å². The van der Waals surface area contributed by atoms with Crippen LogP contribution in [0, 0.1) is 10.1 Å². The van der Waals surface area contributed by atoms with E-state index < -0.39 is 14.8 Å². The van der Waals surface area contributed by atoms with E-state index in [1.165, 1.54) is 12.1 Å². The number of hydrogen-bond donors (Lipinski definition) is 3. The SMILES string of the molecule is CN=C(NCCNc1ccc(S(C)(=O)=O)cc1[N+](=O)[O-])NC(C)(C)C. The highest BCUT2D eigenvalue weighted by molar-refractivity contribution is 7.90. The number of hydrogen-bond acceptors (Lipinski definition) is 6. The Labute approximate surface area is 148 Å². The average molecular weight is 371 g/mol. The van der Waals surface area contributed by atoms with Gasteiger partial charge in [0.05, 0.1) is 9.82 Å². The zero-order chi connectivity index (χ0) is 19.3. The molecule has 0 atom stereocenters. The van der Waals surface area contributed by atoms with Gasteiger partial charge in [0.2, 0.25) is 0 Å². The number of nitro groups is 1. The van der Waals surface area contributed by atoms with Crippen molar-refractivity contribution in [1.82, 2.24) is 10.6 Å². The molecule has 0 saturated heterocycles. The molecule has 0 amide bonds. The van der Waals surface area contributed by atoms with Gasteiger partial charge in [-0.1, -0.05) is 0 Å². The predicted molar refractivity (Wildman–Crippen MR) is 98.9 cm³/mol. The van der Waals surface area contributed by atoms with Gasteiger partial charge in [0, 0.05) is 38.0 Å². The number of anilines is 1. The summed E-state index contributed by atoms with van der Waals surface area (Å²) >= 11 is 0. The second-order valence-electron chi connectivity index (χ2n) is 6.51. The average Bonchev–Trinajstić information content (AvgIpc) is 2.47. The molecule has 10 heteroatoms. The highest BCUT2D eigenvalue weighted by Crippen LogP contribution is 2.27. The summed E-state index contributed by atoms with van der Waals surface area (Å²) in [5.41, 5.74) is -0.159. The lowest BCUT2D eigenvalue weighted by molar-refractivity contribution is -0.384. The molecule has 0 heterocycles. The minimum Gasteiger partial charge on any atom is -0.378 e. The van der Waals surface area contributed by atoms with E-state index in [0.717, 1.165) is 12.3 Å². The molecule has 1 rings (SSSR count). The zero-order valence-corrected chi connectivity index (χ0v) is 15.9. The Hall–Kier alpha value is -2.36. The van der Waals surface area contributed by atoms with Crippen LogP contribution in [0.15, 0.2) is 28.1 Å². The number of nitro benzene ring substituents is 1. The van der Waals surface area contributed by atoms with Gasteiger partial charge in [-0.25, -0.2) is 8.42 Å². The minimum absolute atomic E-state index is 0.0855. The first-order valence-electron chi connectivity index (χ1n) is 7.65. The number of aliphatic imine (C=N–C) groups is 1. The van der Waals surface area contributed by atoms with Gasteiger partial charge in [-0.3, -0.25) is 15.1 Å². The summed E-state index contributed by atoms with van der Waals surface area (Å²) in [5.74, 6) is 0.622. The Morgan fingerprint density at radius 2 is 1.92 bits per heavy atom. The zero-order valence-electron chi connectivity index (χ0n) is 15.1. The van der Waals surface area contributed by atoms with Gasteiger partial charge < -0.3 is 16.0 Å². The van der Waals surface area contributed by atoms with Crippen LogP contribution in [0.25, 0.3) is 0 Å². The standard InChI is InChI=1S/C15H25N5O4S/c1-15(2,3)19-14(16-4)18-9-8-17-12-7-6-11(25(5,23)24)10-13(12)20(21)22/h6-7,10,17H,8-9H2,1-5H3,(H2,16,18,19). The predicted octanol–water partition coefficient (Wildman–Crippen LogP) is 1.37. The van der Waals surface area contributed by atoms with Crippen molar-refractivity contribution in [1.29, 1.82) is 0 Å². The molecule has 0 aliphatic heterocycles. The van der Waals surface area contributed by atoms with Crippen molar-refractivity contribution in [3.05, 3.63) is 28.3 Å². The van der Waals surface area contributed by atoms with Crippen molar-refractivity contribution in [2.24, 2.45) is 4.99 Å². The largest absolute Gasteiger partial charge is 0.378 e. The first-order chi connectivity index (χ1) is 11.4. The van der Waals surface area contributed by atoms with E-state index >= 15 is 0 Å². The fourth-order valence-corrected chi connectivity index (χ4v) is 2.60. The first-order valence-corrected chi connectivity index (χ1v) is 9.54. The Morgan fingerprint density at radius 3 is 2.40 bits per heavy atom. The third-order valence-corrected chi connectivity index (χ3v) is 4.15. The van der Waals surface area contributed by atoms with Gasteiger partial charge in [-0.2, -0.15) is 0 Å². The molecule has 1 aromatic rings. The second-order valence-corrected chi connectivity index (χ2v) is 8.52. The molecule has 25 heavy (non-hydrogen) atoms. The topological polar surface area (TPSA) is 126 Å². The maximum Gasteiger partial charge on any atom is 0.293 e. The van der Waals surface area contributed by atoms with Crippen molar-refractivity contribution >= 4 is 27.2 Å². The monoisotopic (exact) mass is 371 g/mol. The Kier molecular flexibility index (Phi) is 6.74. The molecule has 0 spiro atoms. The lowest BCUT2D eigenvalue weighted by Gasteiger charge is -2.23. The van der Waals surface area contributed by atoms with E-state index in [1.807, 2.05) is 20.8 Å². The number of benzene rings is 1. The third-order valence-electron chi connectivity index (χ3n) is 3.04. The quantitative estimate of drug-likeness (QED) is 0.227. The van der Waals surface area contributed by atoms with Crippen LogP contribution in [0.1, 0.15) is 20.8 Å². The first kappa shape index (κ1) is 20.7. The second kappa shape index (κ2) is 8.15. The number of nitrogens with one attached hydrogen (secondary N) is 3. The molecule has 0 aliphatic carbocycles. The summed E-state index contributed by atoms with van der Waals surface area (Å²) in [7, 11) is -1.85. The summed E-state index contributed by atoms with van der Waals surface area (Å²) < 4.78 is 23.1. The van der Waals surface area contributed by atoms with Crippen LogP contribution in [-0.4, -0.2) is 51.2 Å². The summed E-state index contributed by atoms with van der Waals surface area (Å²) in [5, 5.41) is 20.4. The van der Waals surface area contributed by atoms with E-state index in [0.29, 0.717) is 19.0 Å². The fraction of sp³-hybridized carbons (Fsp3) is 0.533. The number of nitrogens with zero attached hydrogens (tertiary/aromatic N) is 2. The van der Waals surface area contributed by atoms with Crippen molar-refractivity contribution in [2.45, 2.75) is 31.2 Å². The van der Waals surface area contributed by atoms with Crippen LogP contribution in [0.5, 0.6) is 0 Å². The molecule has 0 saturated carbocycles. The normalized spacial score (nSPS) is 12.6. The van der Waals surface area contributed by atoms with Gasteiger partial charge in [0.25, 0.3) is 5.69 Å². The lowest BCUT2D eigenvalue weighted by atomic mass is 10.1. The Morgan fingerprint density at radius 1 is 1.28 bits per heavy atom. The number of guanidine groups is 1. The summed E-state index contributed by atoms with van der Waals surface area (Å²) in [6, 6.07) is 3.81. The molecular formula is C15H25N5O4S. The summed E-state index contributed by atoms with van der Waals surface area (Å²) in [4.78, 5) is 14.6. The van der Waals surface area contributed by atoms with Crippen LogP contribution in [0.2, 0.25) is 0 Å². The third kappa shape index (κ3) is 6.96. The van der Waals surface area contributed by atoms with E-state index in [1.54, 1.807) is 7.05 Å². The maximum atomic E-state index is 11.5. The molecule has 9 nitrogen and oxygen atoms in total. The van der Waals surface area contributed by atoms with Crippen LogP contribution in [0.4, 0.5) is 11.4 Å². The minimum atomic E-state index is -3.50. The highest BCUT2D eigenvalue weighted by atomic mass is 32.2. The summed E-state index contributed by atoms with van der Waals surface area (Å²) in [6.07, 6.45) is 1.01. The van der Waals surface area contributed by atoms with Crippen molar-refractivity contribution in [2.75, 3.05) is 31.7 Å². The number of sulfone groups is 1. The van der Waals surface area contributed by atoms with Crippen LogP contribution < -0.4 is 16.0 Å². The van der Waals surface area contributed by atoms with Gasteiger partial charge in [-0.05, 0) is 32.9 Å². The van der Waals surface area contributed by atoms with Crippen molar-refractivity contribution in [3.8, 4) is 0 Å². The molecule has 1 aromatic carbocycles. The molecule has 0 unspecified atom stereocenters. The molecule has 140 valence electrons. The maximum absolute atomic E-state index is 11.5. The van der Waals surface area contributed by atoms with Crippen LogP contribution in [0.3, 0.4) is 0 Å². The molecule has 0 fully saturated rings. The summed E-state index contributed by atoms with van der Waals surface area (Å²) in [6.45, 7) is 6.88. The Balaban J connectivity index is 2.73. The number of rotatable bonds is 6. The van der Waals surface area contributed by atoms with E-state index in [9.17, 15) is 18.5 Å². The highest BCUT2D eigenvalue weighted by Gasteiger charge is 2.18. The van der Waals surface area contributed by atoms with Gasteiger partial charge >= 0.3 is 0 Å². The van der Waals surface area contributed by atoms with Gasteiger partial charge in [-0.15, -0.1) is 0 Å². The van der Waals surface area contributed by atoms with E-state index in [-0.39, 0.29) is 21.8 Å². The van der Waals surface area contributed by atoms with Crippen molar-refractivity contribution in [3.63, 3.8) is 0 Å². The molecule has 0 bridgehead atoms. The van der Waals surface area contributed by atoms with Crippen LogP contribution in [-0.2, 0) is 9.84 Å². The molecular weight excluding hydrogens is 346 g/mol. The molecule has 0 aliphatic rings.